The Morgan fingerprint density at radius 1 is 1.00 bits per heavy atom. The molecule has 0 saturated carbocycles. The van der Waals surface area contributed by atoms with Crippen LogP contribution in [0.15, 0.2) is 54.6 Å². The van der Waals surface area contributed by atoms with Crippen LogP contribution in [0.4, 0.5) is 0 Å². The number of thioether (sulfide) groups is 1. The van der Waals surface area contributed by atoms with E-state index >= 15 is 0 Å². The summed E-state index contributed by atoms with van der Waals surface area (Å²) < 4.78 is 4.74. The van der Waals surface area contributed by atoms with Gasteiger partial charge in [-0.3, -0.25) is 9.59 Å². The lowest BCUT2D eigenvalue weighted by Crippen LogP contribution is -2.42. The van der Waals surface area contributed by atoms with Crippen LogP contribution in [0.3, 0.4) is 0 Å². The zero-order valence-electron chi connectivity index (χ0n) is 15.4. The third-order valence-corrected chi connectivity index (χ3v) is 4.69. The Labute approximate surface area is 163 Å². The van der Waals surface area contributed by atoms with Gasteiger partial charge in [-0.2, -0.15) is 11.8 Å². The molecule has 1 N–H and O–H groups in total. The fourth-order valence-electron chi connectivity index (χ4n) is 2.59. The Hall–Kier alpha value is -2.60. The maximum atomic E-state index is 12.4. The first-order valence-electron chi connectivity index (χ1n) is 8.60. The predicted octanol–water partition coefficient (Wildman–Crippen LogP) is 2.87. The van der Waals surface area contributed by atoms with Crippen LogP contribution in [-0.2, 0) is 20.7 Å². The van der Waals surface area contributed by atoms with Crippen molar-refractivity contribution in [1.82, 2.24) is 5.32 Å². The summed E-state index contributed by atoms with van der Waals surface area (Å²) in [6.07, 6.45) is 2.59. The highest BCUT2D eigenvalue weighted by Gasteiger charge is 2.21. The third-order valence-electron chi connectivity index (χ3n) is 4.05. The smallest absolute Gasteiger partial charge is 0.328 e. The summed E-state index contributed by atoms with van der Waals surface area (Å²) in [5.41, 5.74) is 1.96. The highest BCUT2D eigenvalue weighted by atomic mass is 32.2. The molecule has 2 aromatic carbocycles. The Morgan fingerprint density at radius 2 is 1.63 bits per heavy atom. The van der Waals surface area contributed by atoms with Gasteiger partial charge in [0.05, 0.1) is 13.5 Å². The number of carbonyl (C=O) groups excluding carboxylic acids is 3. The zero-order chi connectivity index (χ0) is 19.6. The van der Waals surface area contributed by atoms with Crippen LogP contribution in [0.25, 0.3) is 0 Å². The van der Waals surface area contributed by atoms with Gasteiger partial charge in [0.1, 0.15) is 6.04 Å². The topological polar surface area (TPSA) is 72.5 Å². The number of ketones is 1. The van der Waals surface area contributed by atoms with Gasteiger partial charge >= 0.3 is 5.97 Å². The van der Waals surface area contributed by atoms with E-state index in [9.17, 15) is 14.4 Å². The molecular weight excluding hydrogens is 362 g/mol. The van der Waals surface area contributed by atoms with E-state index in [2.05, 4.69) is 5.32 Å². The van der Waals surface area contributed by atoms with Crippen molar-refractivity contribution in [3.63, 3.8) is 0 Å². The minimum Gasteiger partial charge on any atom is -0.467 e. The second-order valence-electron chi connectivity index (χ2n) is 5.99. The summed E-state index contributed by atoms with van der Waals surface area (Å²) in [5.74, 6) is -0.0136. The molecular formula is C21H23NO4S. The number of hydrogen-bond acceptors (Lipinski definition) is 5. The summed E-state index contributed by atoms with van der Waals surface area (Å²) in [7, 11) is 1.31. The highest BCUT2D eigenvalue weighted by molar-refractivity contribution is 7.98. The molecule has 0 heterocycles. The van der Waals surface area contributed by atoms with E-state index < -0.39 is 12.0 Å². The van der Waals surface area contributed by atoms with E-state index in [0.29, 0.717) is 17.5 Å². The average Bonchev–Trinajstić information content (AvgIpc) is 2.71. The first-order valence-corrected chi connectivity index (χ1v) is 9.99. The van der Waals surface area contributed by atoms with Crippen molar-refractivity contribution in [2.45, 2.75) is 18.9 Å². The van der Waals surface area contributed by atoms with E-state index in [0.717, 1.165) is 11.3 Å². The van der Waals surface area contributed by atoms with Crippen LogP contribution in [0.2, 0.25) is 0 Å². The van der Waals surface area contributed by atoms with Crippen LogP contribution in [0.5, 0.6) is 0 Å². The standard InChI is InChI=1S/C21H23NO4S/c1-26-21(25)18(12-13-27-2)22-19(23)14-15-8-10-17(11-9-15)20(24)16-6-4-3-5-7-16/h3-11,18H,12-14H2,1-2H3,(H,22,23). The second kappa shape index (κ2) is 10.5. The molecule has 2 aromatic rings. The molecule has 1 amide bonds. The number of benzene rings is 2. The summed E-state index contributed by atoms with van der Waals surface area (Å²) in [6.45, 7) is 0. The zero-order valence-corrected chi connectivity index (χ0v) is 16.3. The van der Waals surface area contributed by atoms with Gasteiger partial charge in [-0.15, -0.1) is 0 Å². The molecule has 0 aliphatic carbocycles. The second-order valence-corrected chi connectivity index (χ2v) is 6.98. The maximum absolute atomic E-state index is 12.4. The van der Waals surface area contributed by atoms with Crippen molar-refractivity contribution in [2.75, 3.05) is 19.1 Å². The minimum atomic E-state index is -0.645. The number of ether oxygens (including phenoxy) is 1. The predicted molar refractivity (Wildman–Crippen MR) is 107 cm³/mol. The van der Waals surface area contributed by atoms with Gasteiger partial charge in [0, 0.05) is 11.1 Å². The molecule has 0 spiro atoms. The molecule has 142 valence electrons. The number of methoxy groups -OCH3 is 1. The number of carbonyl (C=O) groups is 3. The number of nitrogens with one attached hydrogen (secondary N) is 1. The van der Waals surface area contributed by atoms with Crippen molar-refractivity contribution in [2.24, 2.45) is 0 Å². The molecule has 27 heavy (non-hydrogen) atoms. The molecule has 0 radical (unpaired) electrons. The summed E-state index contributed by atoms with van der Waals surface area (Å²) in [6, 6.07) is 15.3. The molecule has 0 bridgehead atoms. The monoisotopic (exact) mass is 385 g/mol. The maximum Gasteiger partial charge on any atom is 0.328 e. The first-order chi connectivity index (χ1) is 13.0. The molecule has 0 saturated heterocycles. The van der Waals surface area contributed by atoms with Crippen molar-refractivity contribution < 1.29 is 19.1 Å². The van der Waals surface area contributed by atoms with E-state index in [1.54, 1.807) is 48.2 Å². The van der Waals surface area contributed by atoms with E-state index in [-0.39, 0.29) is 18.1 Å². The molecule has 0 aliphatic rings. The molecule has 6 heteroatoms. The van der Waals surface area contributed by atoms with Crippen LogP contribution in [-0.4, -0.2) is 42.8 Å². The number of hydrogen-bond donors (Lipinski definition) is 1. The van der Waals surface area contributed by atoms with Gasteiger partial charge in [0.25, 0.3) is 0 Å². The van der Waals surface area contributed by atoms with Crippen LogP contribution in [0, 0.1) is 0 Å². The van der Waals surface area contributed by atoms with Crippen LogP contribution >= 0.6 is 11.8 Å². The summed E-state index contributed by atoms with van der Waals surface area (Å²) >= 11 is 1.60. The molecule has 5 nitrogen and oxygen atoms in total. The lowest BCUT2D eigenvalue weighted by atomic mass is 10.0. The number of amides is 1. The van der Waals surface area contributed by atoms with Crippen molar-refractivity contribution in [3.8, 4) is 0 Å². The summed E-state index contributed by atoms with van der Waals surface area (Å²) in [5, 5.41) is 2.72. The summed E-state index contributed by atoms with van der Waals surface area (Å²) in [4.78, 5) is 36.4. The largest absolute Gasteiger partial charge is 0.467 e. The quantitative estimate of drug-likeness (QED) is 0.531. The van der Waals surface area contributed by atoms with E-state index in [1.165, 1.54) is 7.11 Å². The Morgan fingerprint density at radius 3 is 2.22 bits per heavy atom. The number of rotatable bonds is 9. The van der Waals surface area contributed by atoms with E-state index in [4.69, 9.17) is 4.74 Å². The van der Waals surface area contributed by atoms with Crippen molar-refractivity contribution >= 4 is 29.4 Å². The van der Waals surface area contributed by atoms with Gasteiger partial charge in [-0.25, -0.2) is 4.79 Å². The molecule has 1 atom stereocenters. The van der Waals surface area contributed by atoms with Gasteiger partial charge in [-0.05, 0) is 24.0 Å². The highest BCUT2D eigenvalue weighted by Crippen LogP contribution is 2.12. The van der Waals surface area contributed by atoms with Gasteiger partial charge < -0.3 is 10.1 Å². The Bertz CT molecular complexity index is 775. The molecule has 1 unspecified atom stereocenters. The molecule has 2 rings (SSSR count). The first kappa shape index (κ1) is 20.7. The fourth-order valence-corrected chi connectivity index (χ4v) is 3.06. The SMILES string of the molecule is COC(=O)C(CCSC)NC(=O)Cc1ccc(C(=O)c2ccccc2)cc1. The van der Waals surface area contributed by atoms with Crippen molar-refractivity contribution in [3.05, 3.63) is 71.3 Å². The lowest BCUT2D eigenvalue weighted by Gasteiger charge is -2.16. The van der Waals surface area contributed by atoms with Crippen LogP contribution < -0.4 is 5.32 Å². The van der Waals surface area contributed by atoms with Gasteiger partial charge in [0.15, 0.2) is 5.78 Å². The average molecular weight is 385 g/mol. The minimum absolute atomic E-state index is 0.0607. The lowest BCUT2D eigenvalue weighted by molar-refractivity contribution is -0.145. The van der Waals surface area contributed by atoms with Crippen LogP contribution in [0.1, 0.15) is 27.9 Å². The van der Waals surface area contributed by atoms with Gasteiger partial charge in [-0.1, -0.05) is 54.6 Å². The van der Waals surface area contributed by atoms with Gasteiger partial charge in [0.2, 0.25) is 5.91 Å². The molecule has 0 aliphatic heterocycles. The Kier molecular flexibility index (Phi) is 8.07. The van der Waals surface area contributed by atoms with E-state index in [1.807, 2.05) is 24.5 Å². The normalized spacial score (nSPS) is 11.5. The molecule has 0 fully saturated rings. The third kappa shape index (κ3) is 6.25. The Balaban J connectivity index is 1.97. The number of esters is 1. The fraction of sp³-hybridized carbons (Fsp3) is 0.286. The molecule has 0 aromatic heterocycles. The van der Waals surface area contributed by atoms with Crippen molar-refractivity contribution in [1.29, 1.82) is 0 Å².